The van der Waals surface area contributed by atoms with Crippen LogP contribution in [0.1, 0.15) is 25.8 Å². The van der Waals surface area contributed by atoms with Crippen molar-refractivity contribution in [2.24, 2.45) is 0 Å². The smallest absolute Gasteiger partial charge is 0.244 e. The summed E-state index contributed by atoms with van der Waals surface area (Å²) in [6, 6.07) is 10.4. The summed E-state index contributed by atoms with van der Waals surface area (Å²) in [7, 11) is -3.89. The molecule has 0 aromatic heterocycles. The summed E-state index contributed by atoms with van der Waals surface area (Å²) in [6.45, 7) is 3.41. The van der Waals surface area contributed by atoms with Crippen molar-refractivity contribution in [1.29, 1.82) is 0 Å². The molecule has 1 atom stereocenters. The number of hydrogen-bond donors (Lipinski definition) is 1. The quantitative estimate of drug-likeness (QED) is 0.491. The van der Waals surface area contributed by atoms with Crippen LogP contribution in [-0.2, 0) is 26.2 Å². The molecule has 0 fully saturated rings. The van der Waals surface area contributed by atoms with Gasteiger partial charge in [-0.3, -0.25) is 13.9 Å². The molecule has 2 rings (SSSR count). The second-order valence-electron chi connectivity index (χ2n) is 7.45. The molecule has 0 bridgehead atoms. The zero-order chi connectivity index (χ0) is 24.8. The van der Waals surface area contributed by atoms with Gasteiger partial charge >= 0.3 is 0 Å². The third-order valence-electron chi connectivity index (χ3n) is 4.87. The standard InChI is InChI=1S/C22H26Cl3N3O4S/c1-4-11-26-22(30)15(2)27(13-16-7-5-6-8-18(16)24)21(29)14-28(33(3,31)32)20-10-9-17(23)12-19(20)25/h5-10,12,15H,4,11,13-14H2,1-3H3,(H,26,30)/t15-/m0/s1. The molecule has 0 aliphatic rings. The number of amides is 2. The number of nitrogens with zero attached hydrogens (tertiary/aromatic N) is 2. The van der Waals surface area contributed by atoms with E-state index >= 15 is 0 Å². The zero-order valence-electron chi connectivity index (χ0n) is 18.5. The topological polar surface area (TPSA) is 86.8 Å². The van der Waals surface area contributed by atoms with E-state index in [1.807, 2.05) is 6.92 Å². The van der Waals surface area contributed by atoms with E-state index in [-0.39, 0.29) is 23.2 Å². The molecule has 11 heteroatoms. The van der Waals surface area contributed by atoms with Gasteiger partial charge in [-0.2, -0.15) is 0 Å². The summed E-state index contributed by atoms with van der Waals surface area (Å²) in [4.78, 5) is 27.4. The van der Waals surface area contributed by atoms with E-state index in [4.69, 9.17) is 34.8 Å². The minimum Gasteiger partial charge on any atom is -0.354 e. The highest BCUT2D eigenvalue weighted by atomic mass is 35.5. The predicted octanol–water partition coefficient (Wildman–Crippen LogP) is 4.36. The van der Waals surface area contributed by atoms with E-state index in [2.05, 4.69) is 5.32 Å². The number of rotatable bonds is 10. The number of sulfonamides is 1. The Morgan fingerprint density at radius 2 is 1.73 bits per heavy atom. The van der Waals surface area contributed by atoms with Crippen molar-refractivity contribution in [2.75, 3.05) is 23.7 Å². The van der Waals surface area contributed by atoms with Crippen molar-refractivity contribution in [2.45, 2.75) is 32.9 Å². The van der Waals surface area contributed by atoms with E-state index in [9.17, 15) is 18.0 Å². The Hall–Kier alpha value is -2.00. The van der Waals surface area contributed by atoms with Gasteiger partial charge in [0, 0.05) is 23.1 Å². The Labute approximate surface area is 209 Å². The lowest BCUT2D eigenvalue weighted by Crippen LogP contribution is -2.51. The highest BCUT2D eigenvalue weighted by molar-refractivity contribution is 7.92. The first kappa shape index (κ1) is 27.2. The van der Waals surface area contributed by atoms with Gasteiger partial charge in [0.05, 0.1) is 17.0 Å². The van der Waals surface area contributed by atoms with Gasteiger partial charge in [0.1, 0.15) is 12.6 Å². The van der Waals surface area contributed by atoms with Crippen LogP contribution in [-0.4, -0.2) is 50.5 Å². The molecule has 0 heterocycles. The summed E-state index contributed by atoms with van der Waals surface area (Å²) < 4.78 is 26.0. The lowest BCUT2D eigenvalue weighted by molar-refractivity contribution is -0.139. The van der Waals surface area contributed by atoms with Crippen molar-refractivity contribution in [3.05, 3.63) is 63.1 Å². The van der Waals surface area contributed by atoms with Gasteiger partial charge in [-0.05, 0) is 43.2 Å². The van der Waals surface area contributed by atoms with E-state index in [0.717, 1.165) is 17.0 Å². The Morgan fingerprint density at radius 3 is 2.30 bits per heavy atom. The van der Waals surface area contributed by atoms with Crippen molar-refractivity contribution >= 4 is 62.3 Å². The molecular weight excluding hydrogens is 509 g/mol. The van der Waals surface area contributed by atoms with Crippen molar-refractivity contribution in [3.63, 3.8) is 0 Å². The fraction of sp³-hybridized carbons (Fsp3) is 0.364. The Balaban J connectivity index is 2.42. The Kier molecular flexibility index (Phi) is 9.84. The number of halogens is 3. The Bertz CT molecular complexity index is 1110. The molecule has 2 aromatic carbocycles. The van der Waals surface area contributed by atoms with Crippen LogP contribution < -0.4 is 9.62 Å². The molecule has 0 aliphatic heterocycles. The number of hydrogen-bond acceptors (Lipinski definition) is 4. The first-order valence-electron chi connectivity index (χ1n) is 10.2. The molecule has 0 radical (unpaired) electrons. The van der Waals surface area contributed by atoms with E-state index in [0.29, 0.717) is 22.2 Å². The molecule has 0 unspecified atom stereocenters. The maximum absolute atomic E-state index is 13.4. The molecule has 2 aromatic rings. The maximum Gasteiger partial charge on any atom is 0.244 e. The average Bonchev–Trinajstić information content (AvgIpc) is 2.74. The van der Waals surface area contributed by atoms with E-state index in [1.165, 1.54) is 23.1 Å². The van der Waals surface area contributed by atoms with Crippen LogP contribution in [0.2, 0.25) is 15.1 Å². The van der Waals surface area contributed by atoms with E-state index in [1.54, 1.807) is 31.2 Å². The fourth-order valence-electron chi connectivity index (χ4n) is 3.07. The summed E-state index contributed by atoms with van der Waals surface area (Å²) in [5.41, 5.74) is 0.732. The molecule has 0 saturated heterocycles. The molecular formula is C22H26Cl3N3O4S. The second-order valence-corrected chi connectivity index (χ2v) is 10.6. The number of carbonyl (C=O) groups excluding carboxylic acids is 2. The first-order valence-corrected chi connectivity index (χ1v) is 13.2. The van der Waals surface area contributed by atoms with Gasteiger partial charge < -0.3 is 10.2 Å². The van der Waals surface area contributed by atoms with Crippen LogP contribution in [0.3, 0.4) is 0 Å². The molecule has 2 amide bonds. The van der Waals surface area contributed by atoms with Crippen LogP contribution in [0.4, 0.5) is 5.69 Å². The lowest BCUT2D eigenvalue weighted by atomic mass is 10.1. The number of benzene rings is 2. The third kappa shape index (κ3) is 7.50. The van der Waals surface area contributed by atoms with Crippen LogP contribution in [0.5, 0.6) is 0 Å². The normalized spacial score (nSPS) is 12.2. The average molecular weight is 535 g/mol. The first-order chi connectivity index (χ1) is 15.5. The highest BCUT2D eigenvalue weighted by Crippen LogP contribution is 2.30. The molecule has 33 heavy (non-hydrogen) atoms. The Morgan fingerprint density at radius 1 is 1.06 bits per heavy atom. The molecule has 180 valence electrons. The minimum atomic E-state index is -3.89. The SMILES string of the molecule is CCCNC(=O)[C@H](C)N(Cc1ccccc1Cl)C(=O)CN(c1ccc(Cl)cc1Cl)S(C)(=O)=O. The largest absolute Gasteiger partial charge is 0.354 e. The van der Waals surface area contributed by atoms with Crippen molar-refractivity contribution in [3.8, 4) is 0 Å². The molecule has 0 saturated carbocycles. The summed E-state index contributed by atoms with van der Waals surface area (Å²) in [6.07, 6.45) is 1.70. The van der Waals surface area contributed by atoms with Gasteiger partial charge in [-0.1, -0.05) is 59.9 Å². The number of anilines is 1. The fourth-order valence-corrected chi connectivity index (χ4v) is 4.68. The highest BCUT2D eigenvalue weighted by Gasteiger charge is 2.31. The maximum atomic E-state index is 13.4. The van der Waals surface area contributed by atoms with Crippen LogP contribution in [0.15, 0.2) is 42.5 Å². The predicted molar refractivity (Wildman–Crippen MR) is 133 cm³/mol. The zero-order valence-corrected chi connectivity index (χ0v) is 21.6. The van der Waals surface area contributed by atoms with Gasteiger partial charge in [0.2, 0.25) is 21.8 Å². The van der Waals surface area contributed by atoms with Gasteiger partial charge in [-0.25, -0.2) is 8.42 Å². The minimum absolute atomic E-state index is 0.0190. The molecule has 7 nitrogen and oxygen atoms in total. The summed E-state index contributed by atoms with van der Waals surface area (Å²) in [5.74, 6) is -0.946. The van der Waals surface area contributed by atoms with Gasteiger partial charge in [0.25, 0.3) is 0 Å². The van der Waals surface area contributed by atoms with Crippen LogP contribution in [0, 0.1) is 0 Å². The molecule has 0 spiro atoms. The van der Waals surface area contributed by atoms with Crippen molar-refractivity contribution < 1.29 is 18.0 Å². The number of nitrogens with one attached hydrogen (secondary N) is 1. The van der Waals surface area contributed by atoms with Gasteiger partial charge in [0.15, 0.2) is 0 Å². The lowest BCUT2D eigenvalue weighted by Gasteiger charge is -2.32. The number of carbonyl (C=O) groups is 2. The monoisotopic (exact) mass is 533 g/mol. The third-order valence-corrected chi connectivity index (χ3v) is 6.91. The van der Waals surface area contributed by atoms with Gasteiger partial charge in [-0.15, -0.1) is 0 Å². The summed E-state index contributed by atoms with van der Waals surface area (Å²) >= 11 is 18.4. The molecule has 0 aliphatic carbocycles. The van der Waals surface area contributed by atoms with Crippen molar-refractivity contribution in [1.82, 2.24) is 10.2 Å². The summed E-state index contributed by atoms with van der Waals surface area (Å²) in [5, 5.41) is 3.59. The van der Waals surface area contributed by atoms with E-state index < -0.39 is 28.5 Å². The molecule has 1 N–H and O–H groups in total. The second kappa shape index (κ2) is 11.9. The van der Waals surface area contributed by atoms with Crippen LogP contribution >= 0.6 is 34.8 Å². The van der Waals surface area contributed by atoms with Crippen LogP contribution in [0.25, 0.3) is 0 Å².